The maximum absolute atomic E-state index is 6.21. The molecular formula is C18H15Cl2N5. The van der Waals surface area contributed by atoms with Gasteiger partial charge in [0.2, 0.25) is 0 Å². The van der Waals surface area contributed by atoms with Gasteiger partial charge >= 0.3 is 0 Å². The van der Waals surface area contributed by atoms with E-state index in [1.165, 1.54) is 5.56 Å². The number of aromatic nitrogens is 3. The van der Waals surface area contributed by atoms with E-state index in [4.69, 9.17) is 23.2 Å². The van der Waals surface area contributed by atoms with Crippen molar-refractivity contribution >= 4 is 46.3 Å². The van der Waals surface area contributed by atoms with Crippen LogP contribution in [0.5, 0.6) is 0 Å². The van der Waals surface area contributed by atoms with E-state index in [1.54, 1.807) is 24.4 Å². The molecule has 4 rings (SSSR count). The molecule has 25 heavy (non-hydrogen) atoms. The van der Waals surface area contributed by atoms with Gasteiger partial charge in [-0.1, -0.05) is 41.4 Å². The molecule has 1 unspecified atom stereocenters. The molecule has 0 saturated carbocycles. The fraction of sp³-hybridized carbons (Fsp3) is 0.167. The summed E-state index contributed by atoms with van der Waals surface area (Å²) < 4.78 is 0. The third-order valence-corrected chi connectivity index (χ3v) is 4.73. The molecule has 0 radical (unpaired) electrons. The first kappa shape index (κ1) is 16.1. The highest BCUT2D eigenvalue weighted by Gasteiger charge is 2.29. The summed E-state index contributed by atoms with van der Waals surface area (Å²) in [5, 5.41) is 12.6. The molecular weight excluding hydrogens is 357 g/mol. The Morgan fingerprint density at radius 3 is 2.88 bits per heavy atom. The highest BCUT2D eigenvalue weighted by Crippen LogP contribution is 2.36. The predicted molar refractivity (Wildman–Crippen MR) is 101 cm³/mol. The van der Waals surface area contributed by atoms with Crippen LogP contribution in [0, 0.1) is 0 Å². The third-order valence-electron chi connectivity index (χ3n) is 4.16. The minimum Gasteiger partial charge on any atom is -0.338 e. The van der Waals surface area contributed by atoms with E-state index >= 15 is 0 Å². The van der Waals surface area contributed by atoms with Crippen molar-refractivity contribution in [1.82, 2.24) is 15.2 Å². The van der Waals surface area contributed by atoms with Gasteiger partial charge in [0.25, 0.3) is 5.95 Å². The molecule has 126 valence electrons. The standard InChI is InChI=1S/C18H15Cl2N5/c1-11-8-12-4-2-3-5-16(12)25(11)18-23-17(10-21-24-18)22-15-9-13(19)6-7-14(15)20/h2-7,9-11H,8H2,1H3,(H,22,23,24). The molecule has 1 aliphatic rings. The molecule has 2 heterocycles. The zero-order chi connectivity index (χ0) is 17.4. The van der Waals surface area contributed by atoms with Gasteiger partial charge in [-0.15, -0.1) is 5.10 Å². The van der Waals surface area contributed by atoms with E-state index < -0.39 is 0 Å². The first-order valence-corrected chi connectivity index (χ1v) is 8.66. The number of hydrogen-bond donors (Lipinski definition) is 1. The molecule has 2 aromatic carbocycles. The lowest BCUT2D eigenvalue weighted by molar-refractivity contribution is 0.730. The van der Waals surface area contributed by atoms with Gasteiger partial charge in [0.1, 0.15) is 0 Å². The average molecular weight is 372 g/mol. The molecule has 1 atom stereocenters. The van der Waals surface area contributed by atoms with Gasteiger partial charge in [-0.2, -0.15) is 10.1 Å². The van der Waals surface area contributed by atoms with Gasteiger partial charge in [-0.05, 0) is 43.2 Å². The molecule has 1 aliphatic heterocycles. The second-order valence-electron chi connectivity index (χ2n) is 5.94. The van der Waals surface area contributed by atoms with E-state index in [0.717, 1.165) is 12.1 Å². The summed E-state index contributed by atoms with van der Waals surface area (Å²) in [6.45, 7) is 2.15. The lowest BCUT2D eigenvalue weighted by atomic mass is 10.1. The first-order valence-electron chi connectivity index (χ1n) is 7.91. The number of anilines is 4. The largest absolute Gasteiger partial charge is 0.338 e. The molecule has 3 aromatic rings. The Labute approximate surface area is 155 Å². The molecule has 1 aromatic heterocycles. The van der Waals surface area contributed by atoms with E-state index in [-0.39, 0.29) is 6.04 Å². The molecule has 0 amide bonds. The number of para-hydroxylation sites is 1. The number of nitrogens with zero attached hydrogens (tertiary/aromatic N) is 4. The zero-order valence-corrected chi connectivity index (χ0v) is 15.0. The summed E-state index contributed by atoms with van der Waals surface area (Å²) in [5.74, 6) is 1.12. The number of rotatable bonds is 3. The van der Waals surface area contributed by atoms with Gasteiger partial charge in [0.05, 0.1) is 16.9 Å². The van der Waals surface area contributed by atoms with Crippen LogP contribution in [0.2, 0.25) is 10.0 Å². The van der Waals surface area contributed by atoms with Gasteiger partial charge in [0, 0.05) is 16.8 Å². The van der Waals surface area contributed by atoms with Crippen LogP contribution < -0.4 is 10.2 Å². The highest BCUT2D eigenvalue weighted by atomic mass is 35.5. The summed E-state index contributed by atoms with van der Waals surface area (Å²) in [6.07, 6.45) is 2.52. The monoisotopic (exact) mass is 371 g/mol. The Hall–Kier alpha value is -2.37. The summed E-state index contributed by atoms with van der Waals surface area (Å²) in [7, 11) is 0. The number of benzene rings is 2. The van der Waals surface area contributed by atoms with E-state index in [1.807, 2.05) is 12.1 Å². The highest BCUT2D eigenvalue weighted by molar-refractivity contribution is 6.35. The SMILES string of the molecule is CC1Cc2ccccc2N1c1nncc(Nc2cc(Cl)ccc2Cl)n1. The van der Waals surface area contributed by atoms with Crippen LogP contribution in [-0.4, -0.2) is 21.2 Å². The summed E-state index contributed by atoms with van der Waals surface area (Å²) >= 11 is 12.2. The van der Waals surface area contributed by atoms with Crippen molar-refractivity contribution in [3.8, 4) is 0 Å². The number of halogens is 2. The minimum atomic E-state index is 0.268. The van der Waals surface area contributed by atoms with Gasteiger partial charge < -0.3 is 10.2 Å². The van der Waals surface area contributed by atoms with Crippen LogP contribution in [0.3, 0.4) is 0 Å². The minimum absolute atomic E-state index is 0.268. The normalized spacial score (nSPS) is 16.0. The second-order valence-corrected chi connectivity index (χ2v) is 6.79. The summed E-state index contributed by atoms with van der Waals surface area (Å²) in [5.41, 5.74) is 3.08. The molecule has 0 aliphatic carbocycles. The van der Waals surface area contributed by atoms with Crippen molar-refractivity contribution in [2.45, 2.75) is 19.4 Å². The number of hydrogen-bond acceptors (Lipinski definition) is 5. The van der Waals surface area contributed by atoms with Crippen LogP contribution in [-0.2, 0) is 6.42 Å². The van der Waals surface area contributed by atoms with Crippen LogP contribution in [0.15, 0.2) is 48.7 Å². The van der Waals surface area contributed by atoms with Crippen molar-refractivity contribution in [3.05, 3.63) is 64.3 Å². The Kier molecular flexibility index (Phi) is 4.19. The summed E-state index contributed by atoms with van der Waals surface area (Å²) in [4.78, 5) is 6.71. The Balaban J connectivity index is 1.67. The van der Waals surface area contributed by atoms with Crippen molar-refractivity contribution in [3.63, 3.8) is 0 Å². The quantitative estimate of drug-likeness (QED) is 0.701. The molecule has 7 heteroatoms. The van der Waals surface area contributed by atoms with Crippen molar-refractivity contribution in [1.29, 1.82) is 0 Å². The molecule has 0 bridgehead atoms. The zero-order valence-electron chi connectivity index (χ0n) is 13.4. The lowest BCUT2D eigenvalue weighted by Crippen LogP contribution is -2.26. The third kappa shape index (κ3) is 3.13. The summed E-state index contributed by atoms with van der Waals surface area (Å²) in [6, 6.07) is 13.8. The Morgan fingerprint density at radius 1 is 1.16 bits per heavy atom. The smallest absolute Gasteiger partial charge is 0.252 e. The fourth-order valence-corrected chi connectivity index (χ4v) is 3.39. The molecule has 1 N–H and O–H groups in total. The number of nitrogens with one attached hydrogen (secondary N) is 1. The van der Waals surface area contributed by atoms with Crippen LogP contribution in [0.4, 0.5) is 23.1 Å². The molecule has 0 saturated heterocycles. The van der Waals surface area contributed by atoms with E-state index in [0.29, 0.717) is 27.5 Å². The van der Waals surface area contributed by atoms with E-state index in [9.17, 15) is 0 Å². The lowest BCUT2D eigenvalue weighted by Gasteiger charge is -2.22. The van der Waals surface area contributed by atoms with Gasteiger partial charge in [0.15, 0.2) is 5.82 Å². The Bertz CT molecular complexity index is 931. The van der Waals surface area contributed by atoms with Crippen molar-refractivity contribution in [2.75, 3.05) is 10.2 Å². The van der Waals surface area contributed by atoms with Crippen LogP contribution in [0.25, 0.3) is 0 Å². The fourth-order valence-electron chi connectivity index (χ4n) is 3.06. The van der Waals surface area contributed by atoms with Gasteiger partial charge in [-0.3, -0.25) is 0 Å². The van der Waals surface area contributed by atoms with Gasteiger partial charge in [-0.25, -0.2) is 0 Å². The van der Waals surface area contributed by atoms with Crippen LogP contribution >= 0.6 is 23.2 Å². The topological polar surface area (TPSA) is 53.9 Å². The maximum Gasteiger partial charge on any atom is 0.252 e. The molecule has 0 fully saturated rings. The van der Waals surface area contributed by atoms with E-state index in [2.05, 4.69) is 44.5 Å². The maximum atomic E-state index is 6.21. The molecule has 5 nitrogen and oxygen atoms in total. The number of fused-ring (bicyclic) bond motifs is 1. The average Bonchev–Trinajstić information content (AvgIpc) is 2.94. The predicted octanol–water partition coefficient (Wildman–Crippen LogP) is 5.00. The molecule has 0 spiro atoms. The first-order chi connectivity index (χ1) is 12.1. The second kappa shape index (κ2) is 6.50. The van der Waals surface area contributed by atoms with Crippen molar-refractivity contribution in [2.24, 2.45) is 0 Å². The van der Waals surface area contributed by atoms with Crippen molar-refractivity contribution < 1.29 is 0 Å². The Morgan fingerprint density at radius 2 is 2.00 bits per heavy atom. The van der Waals surface area contributed by atoms with Crippen LogP contribution in [0.1, 0.15) is 12.5 Å².